The highest BCUT2D eigenvalue weighted by molar-refractivity contribution is 6.05. The second-order valence-electron chi connectivity index (χ2n) is 5.58. The van der Waals surface area contributed by atoms with Gasteiger partial charge in [0.2, 0.25) is 0 Å². The topological polar surface area (TPSA) is 101 Å². The maximum Gasteiger partial charge on any atom is 0.272 e. The van der Waals surface area contributed by atoms with Crippen LogP contribution in [0.4, 0.5) is 5.69 Å². The van der Waals surface area contributed by atoms with Crippen LogP contribution >= 0.6 is 0 Å². The van der Waals surface area contributed by atoms with Gasteiger partial charge >= 0.3 is 0 Å². The molecule has 7 nitrogen and oxygen atoms in total. The number of amides is 1. The summed E-state index contributed by atoms with van der Waals surface area (Å²) in [6.07, 6.45) is 0. The summed E-state index contributed by atoms with van der Waals surface area (Å²) in [5.41, 5.74) is 1.80. The number of fused-ring (bicyclic) bond motifs is 1. The monoisotopic (exact) mass is 324 g/mol. The lowest BCUT2D eigenvalue weighted by atomic mass is 10.0. The van der Waals surface area contributed by atoms with Crippen molar-refractivity contribution in [2.45, 2.75) is 12.8 Å². The first-order valence-electron chi connectivity index (χ1n) is 7.52. The zero-order chi connectivity index (χ0) is 17.1. The number of benzene rings is 2. The number of H-pyrrole nitrogens is 1. The van der Waals surface area contributed by atoms with Gasteiger partial charge in [0.05, 0.1) is 10.4 Å². The first-order chi connectivity index (χ1) is 11.6. The molecular formula is C17H16N4O3. The highest BCUT2D eigenvalue weighted by atomic mass is 16.6. The van der Waals surface area contributed by atoms with Crippen molar-refractivity contribution in [1.82, 2.24) is 15.5 Å². The molecule has 0 bridgehead atoms. The van der Waals surface area contributed by atoms with Gasteiger partial charge in [-0.3, -0.25) is 20.0 Å². The number of nitro groups is 1. The molecule has 24 heavy (non-hydrogen) atoms. The van der Waals surface area contributed by atoms with Crippen molar-refractivity contribution in [3.63, 3.8) is 0 Å². The molecule has 1 heterocycles. The Balaban J connectivity index is 1.76. The number of hydrogen-bond donors (Lipinski definition) is 2. The number of hydrogen-bond acceptors (Lipinski definition) is 4. The minimum atomic E-state index is -0.494. The molecule has 0 saturated heterocycles. The highest BCUT2D eigenvalue weighted by Crippen LogP contribution is 2.22. The minimum absolute atomic E-state index is 0.0735. The van der Waals surface area contributed by atoms with E-state index >= 15 is 0 Å². The highest BCUT2D eigenvalue weighted by Gasteiger charge is 2.17. The van der Waals surface area contributed by atoms with Gasteiger partial charge in [-0.2, -0.15) is 5.10 Å². The lowest BCUT2D eigenvalue weighted by Crippen LogP contribution is -2.28. The number of nitrogens with one attached hydrogen (secondary N) is 2. The van der Waals surface area contributed by atoms with E-state index in [-0.39, 0.29) is 23.2 Å². The van der Waals surface area contributed by atoms with E-state index < -0.39 is 4.92 Å². The van der Waals surface area contributed by atoms with Crippen LogP contribution in [0.2, 0.25) is 0 Å². The van der Waals surface area contributed by atoms with Gasteiger partial charge in [0.1, 0.15) is 0 Å². The molecule has 0 saturated carbocycles. The molecule has 3 aromatic rings. The van der Waals surface area contributed by atoms with Crippen LogP contribution in [0.3, 0.4) is 0 Å². The number of nitro benzene ring substituents is 1. The quantitative estimate of drug-likeness (QED) is 0.556. The molecule has 1 aromatic heterocycles. The van der Waals surface area contributed by atoms with Crippen LogP contribution in [-0.4, -0.2) is 27.6 Å². The number of non-ortho nitro benzene ring substituents is 1. The van der Waals surface area contributed by atoms with Gasteiger partial charge in [-0.05, 0) is 17.5 Å². The Kier molecular flexibility index (Phi) is 4.24. The Hall–Kier alpha value is -3.22. The summed E-state index contributed by atoms with van der Waals surface area (Å²) in [6.45, 7) is 2.47. The lowest BCUT2D eigenvalue weighted by Gasteiger charge is -2.12. The fraction of sp³-hybridized carbons (Fsp3) is 0.176. The molecule has 7 heteroatoms. The Labute approximate surface area is 137 Å². The molecule has 0 radical (unpaired) electrons. The molecule has 0 aliphatic rings. The third kappa shape index (κ3) is 3.10. The van der Waals surface area contributed by atoms with Crippen molar-refractivity contribution >= 4 is 22.5 Å². The van der Waals surface area contributed by atoms with E-state index in [9.17, 15) is 14.9 Å². The van der Waals surface area contributed by atoms with Crippen LogP contribution in [0.5, 0.6) is 0 Å². The second-order valence-corrected chi connectivity index (χ2v) is 5.58. The Morgan fingerprint density at radius 3 is 2.75 bits per heavy atom. The van der Waals surface area contributed by atoms with Crippen LogP contribution < -0.4 is 5.32 Å². The van der Waals surface area contributed by atoms with E-state index in [4.69, 9.17) is 0 Å². The maximum atomic E-state index is 12.4. The molecule has 3 rings (SSSR count). The van der Waals surface area contributed by atoms with Gasteiger partial charge in [-0.15, -0.1) is 0 Å². The second kappa shape index (κ2) is 6.49. The molecule has 1 unspecified atom stereocenters. The van der Waals surface area contributed by atoms with Gasteiger partial charge in [-0.1, -0.05) is 37.3 Å². The number of nitrogens with zero attached hydrogens (tertiary/aromatic N) is 2. The largest absolute Gasteiger partial charge is 0.350 e. The number of aromatic nitrogens is 2. The molecule has 0 aliphatic carbocycles. The lowest BCUT2D eigenvalue weighted by molar-refractivity contribution is -0.384. The van der Waals surface area contributed by atoms with E-state index in [0.717, 1.165) is 5.56 Å². The van der Waals surface area contributed by atoms with Crippen LogP contribution in [0.1, 0.15) is 28.9 Å². The predicted molar refractivity (Wildman–Crippen MR) is 89.9 cm³/mol. The zero-order valence-corrected chi connectivity index (χ0v) is 13.0. The molecule has 2 N–H and O–H groups in total. The van der Waals surface area contributed by atoms with Gasteiger partial charge in [-0.25, -0.2) is 0 Å². The van der Waals surface area contributed by atoms with Gasteiger partial charge in [0.25, 0.3) is 11.6 Å². The van der Waals surface area contributed by atoms with Crippen molar-refractivity contribution < 1.29 is 9.72 Å². The molecule has 1 amide bonds. The first kappa shape index (κ1) is 15.7. The summed E-state index contributed by atoms with van der Waals surface area (Å²) in [7, 11) is 0. The molecular weight excluding hydrogens is 308 g/mol. The summed E-state index contributed by atoms with van der Waals surface area (Å²) in [5, 5.41) is 20.9. The fourth-order valence-electron chi connectivity index (χ4n) is 2.52. The van der Waals surface area contributed by atoms with Crippen molar-refractivity contribution in [2.24, 2.45) is 0 Å². The van der Waals surface area contributed by atoms with Crippen LogP contribution in [0, 0.1) is 10.1 Å². The number of aromatic amines is 1. The van der Waals surface area contributed by atoms with Gasteiger partial charge in [0.15, 0.2) is 5.69 Å². The van der Waals surface area contributed by atoms with Gasteiger partial charge in [0, 0.05) is 24.1 Å². The average Bonchev–Trinajstić information content (AvgIpc) is 3.03. The summed E-state index contributed by atoms with van der Waals surface area (Å²) in [6, 6.07) is 14.1. The molecule has 2 aromatic carbocycles. The number of rotatable bonds is 5. The standard InChI is InChI=1S/C17H16N4O3/c1-11(12-5-3-2-4-6-12)10-18-17(22)16-14-9-13(21(23)24)7-8-15(14)19-20-16/h2-9,11H,10H2,1H3,(H,18,22)(H,19,20). The van der Waals surface area contributed by atoms with Crippen molar-refractivity contribution in [1.29, 1.82) is 0 Å². The van der Waals surface area contributed by atoms with Crippen molar-refractivity contribution in [3.8, 4) is 0 Å². The first-order valence-corrected chi connectivity index (χ1v) is 7.52. The SMILES string of the molecule is CC(CNC(=O)c1n[nH]c2ccc([N+](=O)[O-])cc12)c1ccccc1. The van der Waals surface area contributed by atoms with Crippen molar-refractivity contribution in [3.05, 3.63) is 69.9 Å². The van der Waals surface area contributed by atoms with Crippen LogP contribution in [0.25, 0.3) is 10.9 Å². The Morgan fingerprint density at radius 2 is 2.04 bits per heavy atom. The molecule has 122 valence electrons. The Bertz CT molecular complexity index is 889. The normalized spacial score (nSPS) is 12.0. The molecule has 1 atom stereocenters. The van der Waals surface area contributed by atoms with Gasteiger partial charge < -0.3 is 5.32 Å². The van der Waals surface area contributed by atoms with Crippen LogP contribution in [-0.2, 0) is 0 Å². The van der Waals surface area contributed by atoms with E-state index in [1.807, 2.05) is 37.3 Å². The maximum absolute atomic E-state index is 12.4. The summed E-state index contributed by atoms with van der Waals surface area (Å²) >= 11 is 0. The van der Waals surface area contributed by atoms with Crippen molar-refractivity contribution in [2.75, 3.05) is 6.54 Å². The third-order valence-electron chi connectivity index (χ3n) is 3.91. The zero-order valence-electron chi connectivity index (χ0n) is 13.0. The van der Waals surface area contributed by atoms with E-state index in [1.54, 1.807) is 6.07 Å². The Morgan fingerprint density at radius 1 is 1.29 bits per heavy atom. The predicted octanol–water partition coefficient (Wildman–Crippen LogP) is 3.00. The summed E-state index contributed by atoms with van der Waals surface area (Å²) in [4.78, 5) is 22.8. The number of carbonyl (C=O) groups is 1. The molecule has 0 spiro atoms. The van der Waals surface area contributed by atoms with Crippen LogP contribution in [0.15, 0.2) is 48.5 Å². The summed E-state index contributed by atoms with van der Waals surface area (Å²) < 4.78 is 0. The smallest absolute Gasteiger partial charge is 0.272 e. The average molecular weight is 324 g/mol. The van der Waals surface area contributed by atoms with E-state index in [0.29, 0.717) is 17.4 Å². The molecule has 0 aliphatic heterocycles. The fourth-order valence-corrected chi connectivity index (χ4v) is 2.52. The van der Waals surface area contributed by atoms with E-state index in [2.05, 4.69) is 15.5 Å². The van der Waals surface area contributed by atoms with E-state index in [1.165, 1.54) is 12.1 Å². The minimum Gasteiger partial charge on any atom is -0.350 e. The number of carbonyl (C=O) groups excluding carboxylic acids is 1. The molecule has 0 fully saturated rings. The third-order valence-corrected chi connectivity index (χ3v) is 3.91. The summed E-state index contributed by atoms with van der Waals surface area (Å²) in [5.74, 6) is -0.209.